The first kappa shape index (κ1) is 14.9. The van der Waals surface area contributed by atoms with Crippen molar-refractivity contribution in [3.05, 3.63) is 33.8 Å². The monoisotopic (exact) mass is 347 g/mol. The molecule has 108 valence electrons. The van der Waals surface area contributed by atoms with Crippen LogP contribution in [0.4, 0.5) is 8.78 Å². The first-order chi connectivity index (χ1) is 9.40. The highest BCUT2D eigenvalue weighted by Crippen LogP contribution is 2.26. The van der Waals surface area contributed by atoms with E-state index in [1.54, 1.807) is 0 Å². The number of carboxylic acids is 1. The van der Waals surface area contributed by atoms with Crippen LogP contribution in [0.15, 0.2) is 16.6 Å². The van der Waals surface area contributed by atoms with Crippen molar-refractivity contribution >= 4 is 27.8 Å². The zero-order valence-corrected chi connectivity index (χ0v) is 12.0. The number of hydrogen-bond donors (Lipinski definition) is 1. The number of nitrogens with zero attached hydrogens (tertiary/aromatic N) is 1. The van der Waals surface area contributed by atoms with E-state index < -0.39 is 35.1 Å². The number of rotatable bonds is 3. The average molecular weight is 348 g/mol. The SMILES string of the molecule is O=C(O)CC1CCCN1C(=O)c1c(F)cc(Br)cc1F. The Labute approximate surface area is 122 Å². The standard InChI is InChI=1S/C13H12BrF2NO3/c14-7-4-9(15)12(10(16)5-7)13(20)17-3-1-2-8(17)6-11(18)19/h4-5,8H,1-3,6H2,(H,18,19). The molecule has 1 aromatic carbocycles. The molecule has 1 N–H and O–H groups in total. The molecule has 0 radical (unpaired) electrons. The van der Waals surface area contributed by atoms with Gasteiger partial charge in [-0.05, 0) is 25.0 Å². The molecule has 1 unspecified atom stereocenters. The molecule has 0 spiro atoms. The second kappa shape index (κ2) is 5.87. The molecule has 1 fully saturated rings. The predicted octanol–water partition coefficient (Wildman–Crippen LogP) is 2.81. The molecule has 1 aliphatic rings. The minimum Gasteiger partial charge on any atom is -0.481 e. The number of likely N-dealkylation sites (tertiary alicyclic amines) is 1. The number of carbonyl (C=O) groups is 2. The van der Waals surface area contributed by atoms with Gasteiger partial charge in [-0.25, -0.2) is 8.78 Å². The molecule has 0 aliphatic carbocycles. The number of halogens is 3. The average Bonchev–Trinajstić information content (AvgIpc) is 2.74. The lowest BCUT2D eigenvalue weighted by atomic mass is 10.1. The van der Waals surface area contributed by atoms with E-state index in [2.05, 4.69) is 15.9 Å². The van der Waals surface area contributed by atoms with Crippen molar-refractivity contribution in [1.82, 2.24) is 4.90 Å². The fraction of sp³-hybridized carbons (Fsp3) is 0.385. The van der Waals surface area contributed by atoms with Gasteiger partial charge < -0.3 is 10.0 Å². The summed E-state index contributed by atoms with van der Waals surface area (Å²) in [5.74, 6) is -3.74. The molecule has 20 heavy (non-hydrogen) atoms. The quantitative estimate of drug-likeness (QED) is 0.914. The second-order valence-corrected chi connectivity index (χ2v) is 5.55. The van der Waals surface area contributed by atoms with Crippen LogP contribution in [0.1, 0.15) is 29.6 Å². The lowest BCUT2D eigenvalue weighted by molar-refractivity contribution is -0.137. The van der Waals surface area contributed by atoms with Crippen LogP contribution >= 0.6 is 15.9 Å². The number of carbonyl (C=O) groups excluding carboxylic acids is 1. The third kappa shape index (κ3) is 2.98. The summed E-state index contributed by atoms with van der Waals surface area (Å²) in [7, 11) is 0. The van der Waals surface area contributed by atoms with E-state index in [1.165, 1.54) is 4.90 Å². The Morgan fingerprint density at radius 1 is 1.35 bits per heavy atom. The van der Waals surface area contributed by atoms with Crippen LogP contribution in [-0.4, -0.2) is 34.5 Å². The van der Waals surface area contributed by atoms with Crippen molar-refractivity contribution in [3.63, 3.8) is 0 Å². The highest BCUT2D eigenvalue weighted by Gasteiger charge is 2.33. The molecule has 7 heteroatoms. The number of aliphatic carboxylic acids is 1. The van der Waals surface area contributed by atoms with Crippen molar-refractivity contribution in [1.29, 1.82) is 0 Å². The number of hydrogen-bond acceptors (Lipinski definition) is 2. The van der Waals surface area contributed by atoms with Gasteiger partial charge in [-0.3, -0.25) is 9.59 Å². The van der Waals surface area contributed by atoms with E-state index in [0.717, 1.165) is 12.1 Å². The van der Waals surface area contributed by atoms with Gasteiger partial charge in [0, 0.05) is 17.1 Å². The Morgan fingerprint density at radius 2 is 1.95 bits per heavy atom. The summed E-state index contributed by atoms with van der Waals surface area (Å²) < 4.78 is 27.7. The van der Waals surface area contributed by atoms with Crippen LogP contribution in [-0.2, 0) is 4.79 Å². The normalized spacial score (nSPS) is 18.4. The van der Waals surface area contributed by atoms with Gasteiger partial charge >= 0.3 is 5.97 Å². The highest BCUT2D eigenvalue weighted by atomic mass is 79.9. The number of carboxylic acid groups (broad SMARTS) is 1. The second-order valence-electron chi connectivity index (χ2n) is 4.64. The van der Waals surface area contributed by atoms with Crippen LogP contribution in [0.3, 0.4) is 0 Å². The zero-order valence-electron chi connectivity index (χ0n) is 10.4. The van der Waals surface area contributed by atoms with Gasteiger partial charge in [-0.2, -0.15) is 0 Å². The molecule has 1 aromatic rings. The maximum atomic E-state index is 13.8. The van der Waals surface area contributed by atoms with Gasteiger partial charge in [0.25, 0.3) is 5.91 Å². The molecule has 1 heterocycles. The van der Waals surface area contributed by atoms with E-state index >= 15 is 0 Å². The van der Waals surface area contributed by atoms with Gasteiger partial charge in [0.05, 0.1) is 6.42 Å². The van der Waals surface area contributed by atoms with Crippen LogP contribution < -0.4 is 0 Å². The molecule has 4 nitrogen and oxygen atoms in total. The van der Waals surface area contributed by atoms with Gasteiger partial charge in [0.1, 0.15) is 17.2 Å². The largest absolute Gasteiger partial charge is 0.481 e. The van der Waals surface area contributed by atoms with E-state index in [1.807, 2.05) is 0 Å². The lowest BCUT2D eigenvalue weighted by Crippen LogP contribution is -2.37. The molecule has 2 rings (SSSR count). The molecule has 1 atom stereocenters. The Morgan fingerprint density at radius 3 is 2.50 bits per heavy atom. The van der Waals surface area contributed by atoms with Crippen LogP contribution in [0.5, 0.6) is 0 Å². The maximum Gasteiger partial charge on any atom is 0.305 e. The fourth-order valence-electron chi connectivity index (χ4n) is 2.41. The van der Waals surface area contributed by atoms with Gasteiger partial charge in [-0.1, -0.05) is 15.9 Å². The minimum atomic E-state index is -1.04. The van der Waals surface area contributed by atoms with Crippen molar-refractivity contribution < 1.29 is 23.5 Å². The Hall–Kier alpha value is -1.50. The molecule has 1 saturated heterocycles. The summed E-state index contributed by atoms with van der Waals surface area (Å²) in [5, 5.41) is 8.80. The van der Waals surface area contributed by atoms with Crippen molar-refractivity contribution in [2.75, 3.05) is 6.54 Å². The van der Waals surface area contributed by atoms with Gasteiger partial charge in [-0.15, -0.1) is 0 Å². The third-order valence-electron chi connectivity index (χ3n) is 3.27. The first-order valence-electron chi connectivity index (χ1n) is 6.07. The summed E-state index contributed by atoms with van der Waals surface area (Å²) in [6.45, 7) is 0.311. The molecular weight excluding hydrogens is 336 g/mol. The zero-order chi connectivity index (χ0) is 14.9. The van der Waals surface area contributed by atoms with Crippen LogP contribution in [0.25, 0.3) is 0 Å². The molecule has 0 saturated carbocycles. The Kier molecular flexibility index (Phi) is 4.37. The lowest BCUT2D eigenvalue weighted by Gasteiger charge is -2.24. The summed E-state index contributed by atoms with van der Waals surface area (Å²) in [4.78, 5) is 24.2. The Balaban J connectivity index is 2.29. The summed E-state index contributed by atoms with van der Waals surface area (Å²) in [6, 6.07) is 1.51. The van der Waals surface area contributed by atoms with E-state index in [0.29, 0.717) is 19.4 Å². The van der Waals surface area contributed by atoms with Crippen molar-refractivity contribution in [2.24, 2.45) is 0 Å². The van der Waals surface area contributed by atoms with E-state index in [4.69, 9.17) is 5.11 Å². The van der Waals surface area contributed by atoms with Crippen molar-refractivity contribution in [2.45, 2.75) is 25.3 Å². The number of benzene rings is 1. The Bertz CT molecular complexity index is 542. The molecule has 0 aromatic heterocycles. The van der Waals surface area contributed by atoms with Gasteiger partial charge in [0.15, 0.2) is 0 Å². The maximum absolute atomic E-state index is 13.8. The summed E-state index contributed by atoms with van der Waals surface area (Å²) >= 11 is 2.94. The van der Waals surface area contributed by atoms with E-state index in [-0.39, 0.29) is 10.9 Å². The third-order valence-corrected chi connectivity index (χ3v) is 3.73. The van der Waals surface area contributed by atoms with Crippen LogP contribution in [0, 0.1) is 11.6 Å². The smallest absolute Gasteiger partial charge is 0.305 e. The van der Waals surface area contributed by atoms with E-state index in [9.17, 15) is 18.4 Å². The highest BCUT2D eigenvalue weighted by molar-refractivity contribution is 9.10. The molecule has 0 bridgehead atoms. The predicted molar refractivity (Wildman–Crippen MR) is 70.4 cm³/mol. The molecular formula is C13H12BrF2NO3. The summed E-state index contributed by atoms with van der Waals surface area (Å²) in [5.41, 5.74) is -0.634. The molecule has 1 amide bonds. The topological polar surface area (TPSA) is 57.6 Å². The van der Waals surface area contributed by atoms with Gasteiger partial charge in [0.2, 0.25) is 0 Å². The molecule has 1 aliphatic heterocycles. The number of amides is 1. The first-order valence-corrected chi connectivity index (χ1v) is 6.86. The van der Waals surface area contributed by atoms with Crippen LogP contribution in [0.2, 0.25) is 0 Å². The van der Waals surface area contributed by atoms with Crippen molar-refractivity contribution in [3.8, 4) is 0 Å². The summed E-state index contributed by atoms with van der Waals surface area (Å²) in [6.07, 6.45) is 0.937. The minimum absolute atomic E-state index is 0.201. The fourth-order valence-corrected chi connectivity index (χ4v) is 2.81.